The SMILES string of the molecule is COC(=O)c1cc(Cn2nc(C)c(S(=O)(=O)N(C)Cc3ccco3)c2C)oc1C. The van der Waals surface area contributed by atoms with Crippen molar-refractivity contribution in [3.8, 4) is 0 Å². The largest absolute Gasteiger partial charge is 0.468 e. The van der Waals surface area contributed by atoms with Crippen molar-refractivity contribution in [2.24, 2.45) is 0 Å². The van der Waals surface area contributed by atoms with Crippen molar-refractivity contribution in [3.63, 3.8) is 0 Å². The van der Waals surface area contributed by atoms with E-state index < -0.39 is 16.0 Å². The summed E-state index contributed by atoms with van der Waals surface area (Å²) in [5.74, 6) is 0.953. The van der Waals surface area contributed by atoms with Gasteiger partial charge in [0.1, 0.15) is 27.7 Å². The van der Waals surface area contributed by atoms with Gasteiger partial charge >= 0.3 is 5.97 Å². The maximum Gasteiger partial charge on any atom is 0.341 e. The molecule has 0 saturated carbocycles. The molecule has 156 valence electrons. The monoisotopic (exact) mass is 421 g/mol. The Morgan fingerprint density at radius 1 is 1.28 bits per heavy atom. The average molecular weight is 421 g/mol. The number of aryl methyl sites for hydroxylation is 2. The zero-order valence-corrected chi connectivity index (χ0v) is 17.7. The number of carbonyl (C=O) groups is 1. The van der Waals surface area contributed by atoms with Gasteiger partial charge < -0.3 is 13.6 Å². The molecule has 0 aromatic carbocycles. The van der Waals surface area contributed by atoms with Crippen LogP contribution in [0.15, 0.2) is 38.2 Å². The lowest BCUT2D eigenvalue weighted by molar-refractivity contribution is 0.0598. The summed E-state index contributed by atoms with van der Waals surface area (Å²) < 4.78 is 44.6. The van der Waals surface area contributed by atoms with Crippen molar-refractivity contribution in [1.82, 2.24) is 14.1 Å². The van der Waals surface area contributed by atoms with Crippen molar-refractivity contribution in [3.05, 3.63) is 58.7 Å². The molecule has 3 rings (SSSR count). The molecular weight excluding hydrogens is 398 g/mol. The van der Waals surface area contributed by atoms with E-state index in [0.29, 0.717) is 34.2 Å². The molecule has 10 heteroatoms. The number of ether oxygens (including phenoxy) is 1. The molecule has 3 aromatic heterocycles. The van der Waals surface area contributed by atoms with E-state index in [1.807, 2.05) is 0 Å². The molecule has 9 nitrogen and oxygen atoms in total. The van der Waals surface area contributed by atoms with Crippen molar-refractivity contribution in [2.75, 3.05) is 14.2 Å². The number of furan rings is 2. The zero-order chi connectivity index (χ0) is 21.3. The van der Waals surface area contributed by atoms with Crippen LogP contribution in [0.4, 0.5) is 0 Å². The quantitative estimate of drug-likeness (QED) is 0.540. The van der Waals surface area contributed by atoms with E-state index >= 15 is 0 Å². The van der Waals surface area contributed by atoms with Crippen LogP contribution in [0, 0.1) is 20.8 Å². The third-order valence-electron chi connectivity index (χ3n) is 4.62. The molecule has 3 aromatic rings. The molecule has 0 aliphatic rings. The van der Waals surface area contributed by atoms with E-state index in [9.17, 15) is 13.2 Å². The maximum absolute atomic E-state index is 13.1. The van der Waals surface area contributed by atoms with E-state index in [1.54, 1.807) is 43.7 Å². The molecule has 0 saturated heterocycles. The van der Waals surface area contributed by atoms with Crippen molar-refractivity contribution >= 4 is 16.0 Å². The molecule has 0 N–H and O–H groups in total. The number of methoxy groups -OCH3 is 1. The summed E-state index contributed by atoms with van der Waals surface area (Å²) in [7, 11) is -0.993. The first-order chi connectivity index (χ1) is 13.6. The standard InChI is InChI=1S/C19H23N3O6S/c1-12-18(29(24,25)21(4)10-15-7-6-8-27-15)13(2)22(20-12)11-16-9-17(14(3)28-16)19(23)26-5/h6-9H,10-11H2,1-5H3. The Hall–Kier alpha value is -2.85. The van der Waals surface area contributed by atoms with Gasteiger partial charge in [0.25, 0.3) is 0 Å². The predicted molar refractivity (Wildman–Crippen MR) is 103 cm³/mol. The molecule has 0 amide bonds. The Morgan fingerprint density at radius 2 is 2.00 bits per heavy atom. The highest BCUT2D eigenvalue weighted by Crippen LogP contribution is 2.25. The Kier molecular flexibility index (Phi) is 5.67. The van der Waals surface area contributed by atoms with Gasteiger partial charge in [-0.05, 0) is 39.0 Å². The highest BCUT2D eigenvalue weighted by atomic mass is 32.2. The fourth-order valence-electron chi connectivity index (χ4n) is 3.15. The lowest BCUT2D eigenvalue weighted by Crippen LogP contribution is -2.27. The molecule has 0 aliphatic carbocycles. The molecule has 0 fully saturated rings. The molecule has 29 heavy (non-hydrogen) atoms. The number of nitrogens with zero attached hydrogens (tertiary/aromatic N) is 3. The molecule has 0 atom stereocenters. The van der Waals surface area contributed by atoms with Crippen LogP contribution in [0.5, 0.6) is 0 Å². The first kappa shape index (κ1) is 20.9. The van der Waals surface area contributed by atoms with Gasteiger partial charge in [0.2, 0.25) is 10.0 Å². The van der Waals surface area contributed by atoms with Crippen molar-refractivity contribution < 1.29 is 26.8 Å². The summed E-state index contributed by atoms with van der Waals surface area (Å²) in [5.41, 5.74) is 1.18. The van der Waals surface area contributed by atoms with Gasteiger partial charge in [-0.15, -0.1) is 0 Å². The van der Waals surface area contributed by atoms with Crippen LogP contribution in [0.2, 0.25) is 0 Å². The summed E-state index contributed by atoms with van der Waals surface area (Å²) in [6.45, 7) is 5.28. The Morgan fingerprint density at radius 3 is 2.62 bits per heavy atom. The second kappa shape index (κ2) is 7.88. The highest BCUT2D eigenvalue weighted by molar-refractivity contribution is 7.89. The van der Waals surface area contributed by atoms with Crippen LogP contribution in [-0.4, -0.2) is 42.6 Å². The third kappa shape index (κ3) is 3.99. The van der Waals surface area contributed by atoms with E-state index in [2.05, 4.69) is 5.10 Å². The summed E-state index contributed by atoms with van der Waals surface area (Å²) in [5, 5.41) is 4.37. The van der Waals surface area contributed by atoms with Crippen LogP contribution in [-0.2, 0) is 27.8 Å². The minimum atomic E-state index is -3.78. The third-order valence-corrected chi connectivity index (χ3v) is 6.68. The first-order valence-corrected chi connectivity index (χ1v) is 10.3. The van der Waals surface area contributed by atoms with Crippen molar-refractivity contribution in [2.45, 2.75) is 38.8 Å². The Balaban J connectivity index is 1.89. The number of esters is 1. The van der Waals surface area contributed by atoms with Gasteiger partial charge in [0.05, 0.1) is 37.9 Å². The van der Waals surface area contributed by atoms with Gasteiger partial charge in [0.15, 0.2) is 0 Å². The number of aromatic nitrogens is 2. The van der Waals surface area contributed by atoms with Crippen LogP contribution >= 0.6 is 0 Å². The second-order valence-corrected chi connectivity index (χ2v) is 8.65. The van der Waals surface area contributed by atoms with Gasteiger partial charge in [-0.2, -0.15) is 9.40 Å². The predicted octanol–water partition coefficient (Wildman–Crippen LogP) is 2.65. The molecular formula is C19H23N3O6S. The second-order valence-electron chi connectivity index (χ2n) is 6.67. The number of sulfonamides is 1. The fraction of sp³-hybridized carbons (Fsp3) is 0.368. The normalized spacial score (nSPS) is 11.9. The van der Waals surface area contributed by atoms with Crippen LogP contribution < -0.4 is 0 Å². The maximum atomic E-state index is 13.1. The molecule has 3 heterocycles. The van der Waals surface area contributed by atoms with E-state index in [4.69, 9.17) is 13.6 Å². The lowest BCUT2D eigenvalue weighted by Gasteiger charge is -2.16. The lowest BCUT2D eigenvalue weighted by atomic mass is 10.2. The number of rotatable bonds is 7. The van der Waals surface area contributed by atoms with Gasteiger partial charge in [-0.1, -0.05) is 0 Å². The fourth-order valence-corrected chi connectivity index (χ4v) is 4.65. The minimum absolute atomic E-state index is 0.110. The summed E-state index contributed by atoms with van der Waals surface area (Å²) >= 11 is 0. The number of carbonyl (C=O) groups excluding carboxylic acids is 1. The van der Waals surface area contributed by atoms with Crippen LogP contribution in [0.25, 0.3) is 0 Å². The summed E-state index contributed by atoms with van der Waals surface area (Å²) in [6.07, 6.45) is 1.50. The number of hydrogen-bond acceptors (Lipinski definition) is 7. The van der Waals surface area contributed by atoms with E-state index in [1.165, 1.54) is 24.7 Å². The summed E-state index contributed by atoms with van der Waals surface area (Å²) in [6, 6.07) is 5.00. The van der Waals surface area contributed by atoms with Crippen LogP contribution in [0.3, 0.4) is 0 Å². The Bertz CT molecular complexity index is 1130. The minimum Gasteiger partial charge on any atom is -0.468 e. The highest BCUT2D eigenvalue weighted by Gasteiger charge is 2.29. The van der Waals surface area contributed by atoms with E-state index in [0.717, 1.165) is 0 Å². The molecule has 0 aliphatic heterocycles. The summed E-state index contributed by atoms with van der Waals surface area (Å²) in [4.78, 5) is 11.9. The smallest absolute Gasteiger partial charge is 0.341 e. The molecule has 0 bridgehead atoms. The average Bonchev–Trinajstić information content (AvgIpc) is 3.35. The van der Waals surface area contributed by atoms with Gasteiger partial charge in [0, 0.05) is 7.05 Å². The first-order valence-electron chi connectivity index (χ1n) is 8.85. The molecule has 0 radical (unpaired) electrons. The van der Waals surface area contributed by atoms with Crippen molar-refractivity contribution in [1.29, 1.82) is 0 Å². The number of hydrogen-bond donors (Lipinski definition) is 0. The zero-order valence-electron chi connectivity index (χ0n) is 16.9. The van der Waals surface area contributed by atoms with Gasteiger partial charge in [-0.25, -0.2) is 13.2 Å². The Labute approximate surface area is 168 Å². The molecule has 0 spiro atoms. The topological polar surface area (TPSA) is 108 Å². The van der Waals surface area contributed by atoms with Gasteiger partial charge in [-0.3, -0.25) is 4.68 Å². The van der Waals surface area contributed by atoms with E-state index in [-0.39, 0.29) is 18.0 Å². The van der Waals surface area contributed by atoms with Crippen LogP contribution in [0.1, 0.15) is 39.0 Å². The molecule has 0 unspecified atom stereocenters.